The quantitative estimate of drug-likeness (QED) is 0.861. The molecule has 0 amide bonds. The van der Waals surface area contributed by atoms with Gasteiger partial charge in [-0.3, -0.25) is 4.79 Å². The first kappa shape index (κ1) is 15.8. The van der Waals surface area contributed by atoms with Crippen molar-refractivity contribution in [2.45, 2.75) is 46.5 Å². The summed E-state index contributed by atoms with van der Waals surface area (Å²) in [6.45, 7) is 6.60. The zero-order valence-electron chi connectivity index (χ0n) is 12.6. The molecule has 2 rings (SSSR count). The topological polar surface area (TPSA) is 74.7 Å². The summed E-state index contributed by atoms with van der Waals surface area (Å²) in [4.78, 5) is 11.6. The minimum Gasteiger partial charge on any atom is -0.481 e. The molecule has 6 heteroatoms. The number of fused-ring (bicyclic) bond motifs is 1. The van der Waals surface area contributed by atoms with Gasteiger partial charge in [-0.1, -0.05) is 27.2 Å². The average molecular weight is 303 g/mol. The maximum absolute atomic E-state index is 12.4. The van der Waals surface area contributed by atoms with E-state index in [4.69, 9.17) is 0 Å². The van der Waals surface area contributed by atoms with E-state index in [0.717, 1.165) is 12.8 Å². The first-order valence-corrected chi connectivity index (χ1v) is 8.89. The lowest BCUT2D eigenvalue weighted by atomic mass is 9.81. The fourth-order valence-corrected chi connectivity index (χ4v) is 5.33. The SMILES string of the molecule is CC(C)(C)CCS(=O)(=O)N1C[C@@H]2CCC[C@@]2(C(=O)O)C1. The first-order chi connectivity index (χ1) is 9.07. The normalized spacial score (nSPS) is 31.4. The van der Waals surface area contributed by atoms with Crippen molar-refractivity contribution in [2.24, 2.45) is 16.7 Å². The van der Waals surface area contributed by atoms with E-state index in [-0.39, 0.29) is 23.6 Å². The molecule has 0 aromatic rings. The fourth-order valence-electron chi connectivity index (χ4n) is 3.37. The smallest absolute Gasteiger partial charge is 0.311 e. The van der Waals surface area contributed by atoms with Gasteiger partial charge >= 0.3 is 5.97 Å². The van der Waals surface area contributed by atoms with Gasteiger partial charge < -0.3 is 5.11 Å². The van der Waals surface area contributed by atoms with E-state index in [2.05, 4.69) is 0 Å². The van der Waals surface area contributed by atoms with Crippen molar-refractivity contribution in [1.82, 2.24) is 4.31 Å². The Bertz CT molecular complexity index is 494. The summed E-state index contributed by atoms with van der Waals surface area (Å²) in [6.07, 6.45) is 2.93. The highest BCUT2D eigenvalue weighted by molar-refractivity contribution is 7.89. The maximum atomic E-state index is 12.4. The monoisotopic (exact) mass is 303 g/mol. The molecular weight excluding hydrogens is 278 g/mol. The molecule has 0 radical (unpaired) electrons. The van der Waals surface area contributed by atoms with Gasteiger partial charge in [0.25, 0.3) is 0 Å². The van der Waals surface area contributed by atoms with Crippen LogP contribution in [0.25, 0.3) is 0 Å². The van der Waals surface area contributed by atoms with Gasteiger partial charge in [0.05, 0.1) is 11.2 Å². The third-order valence-corrected chi connectivity index (χ3v) is 6.55. The summed E-state index contributed by atoms with van der Waals surface area (Å²) >= 11 is 0. The fraction of sp³-hybridized carbons (Fsp3) is 0.929. The summed E-state index contributed by atoms with van der Waals surface area (Å²) in [5.74, 6) is -0.725. The van der Waals surface area contributed by atoms with E-state index < -0.39 is 21.4 Å². The second-order valence-electron chi connectivity index (χ2n) is 7.47. The third kappa shape index (κ3) is 2.86. The van der Waals surface area contributed by atoms with Crippen LogP contribution in [0.4, 0.5) is 0 Å². The molecule has 1 saturated carbocycles. The minimum atomic E-state index is -3.34. The number of hydrogen-bond acceptors (Lipinski definition) is 3. The van der Waals surface area contributed by atoms with Crippen molar-refractivity contribution in [2.75, 3.05) is 18.8 Å². The van der Waals surface area contributed by atoms with Crippen LogP contribution in [0, 0.1) is 16.7 Å². The Hall–Kier alpha value is -0.620. The Labute approximate surface area is 121 Å². The van der Waals surface area contributed by atoms with Gasteiger partial charge in [-0.05, 0) is 30.6 Å². The highest BCUT2D eigenvalue weighted by Crippen LogP contribution is 2.49. The molecule has 1 aliphatic carbocycles. The van der Waals surface area contributed by atoms with Crippen molar-refractivity contribution in [1.29, 1.82) is 0 Å². The Morgan fingerprint density at radius 2 is 2.05 bits per heavy atom. The molecule has 1 heterocycles. The minimum absolute atomic E-state index is 0.00980. The van der Waals surface area contributed by atoms with Gasteiger partial charge in [-0.25, -0.2) is 12.7 Å². The molecule has 116 valence electrons. The summed E-state index contributed by atoms with van der Waals surface area (Å²) in [7, 11) is -3.34. The molecule has 2 atom stereocenters. The molecule has 0 unspecified atom stereocenters. The number of nitrogens with zero attached hydrogens (tertiary/aromatic N) is 1. The number of carboxylic acid groups (broad SMARTS) is 1. The van der Waals surface area contributed by atoms with Crippen LogP contribution < -0.4 is 0 Å². The van der Waals surface area contributed by atoms with Crippen LogP contribution in [0.1, 0.15) is 46.5 Å². The van der Waals surface area contributed by atoms with Crippen LogP contribution in [0.5, 0.6) is 0 Å². The van der Waals surface area contributed by atoms with Crippen LogP contribution in [0.2, 0.25) is 0 Å². The van der Waals surface area contributed by atoms with Crippen molar-refractivity contribution >= 4 is 16.0 Å². The Kier molecular flexibility index (Phi) is 3.93. The summed E-state index contributed by atoms with van der Waals surface area (Å²) in [5, 5.41) is 9.50. The molecule has 1 N–H and O–H groups in total. The molecule has 1 saturated heterocycles. The van der Waals surface area contributed by atoms with Crippen molar-refractivity contribution in [3.8, 4) is 0 Å². The van der Waals surface area contributed by atoms with Crippen molar-refractivity contribution in [3.63, 3.8) is 0 Å². The summed E-state index contributed by atoms with van der Waals surface area (Å²) < 4.78 is 26.2. The van der Waals surface area contributed by atoms with Gasteiger partial charge in [-0.2, -0.15) is 0 Å². The van der Waals surface area contributed by atoms with Crippen LogP contribution in [0.15, 0.2) is 0 Å². The molecule has 0 spiro atoms. The number of hydrogen-bond donors (Lipinski definition) is 1. The zero-order valence-corrected chi connectivity index (χ0v) is 13.4. The van der Waals surface area contributed by atoms with Crippen LogP contribution in [-0.4, -0.2) is 42.6 Å². The number of carboxylic acids is 1. The molecule has 2 aliphatic rings. The average Bonchev–Trinajstić information content (AvgIpc) is 2.82. The number of carbonyl (C=O) groups is 1. The van der Waals surface area contributed by atoms with Gasteiger partial charge in [0.15, 0.2) is 0 Å². The van der Waals surface area contributed by atoms with Crippen LogP contribution in [-0.2, 0) is 14.8 Å². The van der Waals surface area contributed by atoms with E-state index in [1.165, 1.54) is 4.31 Å². The Balaban J connectivity index is 2.11. The molecule has 0 bridgehead atoms. The van der Waals surface area contributed by atoms with E-state index >= 15 is 0 Å². The maximum Gasteiger partial charge on any atom is 0.311 e. The molecule has 5 nitrogen and oxygen atoms in total. The van der Waals surface area contributed by atoms with Crippen molar-refractivity contribution in [3.05, 3.63) is 0 Å². The summed E-state index contributed by atoms with van der Waals surface area (Å²) in [5.41, 5.74) is -0.859. The number of rotatable bonds is 4. The largest absolute Gasteiger partial charge is 0.481 e. The Morgan fingerprint density at radius 3 is 2.55 bits per heavy atom. The number of sulfonamides is 1. The van der Waals surface area contributed by atoms with Crippen molar-refractivity contribution < 1.29 is 18.3 Å². The van der Waals surface area contributed by atoms with Gasteiger partial charge in [0.1, 0.15) is 0 Å². The first-order valence-electron chi connectivity index (χ1n) is 7.28. The number of aliphatic carboxylic acids is 1. The van der Waals surface area contributed by atoms with Crippen LogP contribution >= 0.6 is 0 Å². The molecular formula is C14H25NO4S. The van der Waals surface area contributed by atoms with Gasteiger partial charge in [0, 0.05) is 13.1 Å². The van der Waals surface area contributed by atoms with E-state index in [0.29, 0.717) is 19.4 Å². The van der Waals surface area contributed by atoms with Gasteiger partial charge in [0.2, 0.25) is 10.0 Å². The molecule has 20 heavy (non-hydrogen) atoms. The van der Waals surface area contributed by atoms with E-state index in [1.807, 2.05) is 20.8 Å². The second kappa shape index (κ2) is 4.98. The Morgan fingerprint density at radius 1 is 1.40 bits per heavy atom. The second-order valence-corrected chi connectivity index (χ2v) is 9.56. The van der Waals surface area contributed by atoms with Crippen LogP contribution in [0.3, 0.4) is 0 Å². The third-order valence-electron chi connectivity index (χ3n) is 4.77. The zero-order chi connectivity index (χ0) is 15.2. The molecule has 1 aliphatic heterocycles. The lowest BCUT2D eigenvalue weighted by Gasteiger charge is -2.24. The highest BCUT2D eigenvalue weighted by Gasteiger charge is 2.56. The van der Waals surface area contributed by atoms with E-state index in [1.54, 1.807) is 0 Å². The van der Waals surface area contributed by atoms with Gasteiger partial charge in [-0.15, -0.1) is 0 Å². The lowest BCUT2D eigenvalue weighted by molar-refractivity contribution is -0.149. The van der Waals surface area contributed by atoms with E-state index in [9.17, 15) is 18.3 Å². The molecule has 2 fully saturated rings. The molecule has 0 aromatic heterocycles. The lowest BCUT2D eigenvalue weighted by Crippen LogP contribution is -2.38. The predicted molar refractivity (Wildman–Crippen MR) is 76.8 cm³/mol. The molecule has 0 aromatic carbocycles. The highest BCUT2D eigenvalue weighted by atomic mass is 32.2. The standard InChI is InChI=1S/C14H25NO4S/c1-13(2,3)7-8-20(18,19)15-9-11-5-4-6-14(11,10-15)12(16)17/h11H,4-10H2,1-3H3,(H,16,17)/t11-,14+/m0/s1. The summed E-state index contributed by atoms with van der Waals surface area (Å²) in [6, 6.07) is 0. The predicted octanol–water partition coefficient (Wildman–Crippen LogP) is 1.94.